The van der Waals surface area contributed by atoms with Crippen LogP contribution >= 0.6 is 0 Å². The van der Waals surface area contributed by atoms with Crippen LogP contribution in [0, 0.1) is 5.92 Å². The lowest BCUT2D eigenvalue weighted by Crippen LogP contribution is -2.35. The summed E-state index contributed by atoms with van der Waals surface area (Å²) in [5, 5.41) is 2.49. The maximum atomic E-state index is 2.57. The Morgan fingerprint density at radius 1 is 0.478 bits per heavy atom. The van der Waals surface area contributed by atoms with E-state index in [2.05, 4.69) is 268 Å². The molecule has 0 aromatic heterocycles. The van der Waals surface area contributed by atoms with E-state index in [9.17, 15) is 0 Å². The summed E-state index contributed by atoms with van der Waals surface area (Å²) in [5.41, 5.74) is 21.3. The van der Waals surface area contributed by atoms with Gasteiger partial charge in [-0.05, 0) is 132 Å². The van der Waals surface area contributed by atoms with Gasteiger partial charge in [-0.3, -0.25) is 0 Å². The Kier molecular flexibility index (Phi) is 9.77. The molecule has 3 atom stereocenters. The van der Waals surface area contributed by atoms with Crippen LogP contribution < -0.4 is 4.90 Å². The first-order chi connectivity index (χ1) is 34.0. The molecular formula is C68H53N. The topological polar surface area (TPSA) is 3.24 Å². The van der Waals surface area contributed by atoms with E-state index in [4.69, 9.17) is 0 Å². The summed E-state index contributed by atoms with van der Waals surface area (Å²) >= 11 is 0. The van der Waals surface area contributed by atoms with Gasteiger partial charge >= 0.3 is 0 Å². The largest absolute Gasteiger partial charge is 0.310 e. The molecule has 0 saturated carbocycles. The van der Waals surface area contributed by atoms with Crippen molar-refractivity contribution < 1.29 is 0 Å². The van der Waals surface area contributed by atoms with E-state index >= 15 is 0 Å². The summed E-state index contributed by atoms with van der Waals surface area (Å²) in [4.78, 5) is 2.57. The summed E-state index contributed by atoms with van der Waals surface area (Å²) in [6, 6.07) is 77.3. The Labute approximate surface area is 406 Å². The Morgan fingerprint density at radius 3 is 1.94 bits per heavy atom. The van der Waals surface area contributed by atoms with Gasteiger partial charge in [0.2, 0.25) is 0 Å². The predicted octanol–water partition coefficient (Wildman–Crippen LogP) is 18.0. The minimum absolute atomic E-state index is 0.147. The van der Waals surface area contributed by atoms with Crippen molar-refractivity contribution in [1.29, 1.82) is 0 Å². The van der Waals surface area contributed by atoms with E-state index in [1.54, 1.807) is 0 Å². The number of nitrogens with zero attached hydrogens (tertiary/aromatic N) is 1. The number of fused-ring (bicyclic) bond motifs is 7. The molecule has 0 fully saturated rings. The number of hydrogen-bond acceptors (Lipinski definition) is 1. The highest BCUT2D eigenvalue weighted by molar-refractivity contribution is 6.04. The fourth-order valence-corrected chi connectivity index (χ4v) is 12.7. The van der Waals surface area contributed by atoms with Crippen molar-refractivity contribution >= 4 is 27.8 Å². The van der Waals surface area contributed by atoms with Crippen LogP contribution in [0.15, 0.2) is 254 Å². The molecule has 4 aliphatic carbocycles. The van der Waals surface area contributed by atoms with Crippen molar-refractivity contribution in [2.45, 2.75) is 43.4 Å². The SMILES string of the molecule is CC1(C)c2ccccc2-c2ccc(N(c3ccc(-c4ccc5ccccc5c4-c4ccc(-c5ccccc5)cc4)cc3)c3cccc4c3C3C=CC=CC3C4(C3=CCCC=C3)c3ccccc3)cc21. The molecule has 13 rings (SSSR count). The number of anilines is 3. The van der Waals surface area contributed by atoms with E-state index < -0.39 is 0 Å². The van der Waals surface area contributed by atoms with Crippen LogP contribution in [-0.4, -0.2) is 0 Å². The van der Waals surface area contributed by atoms with Crippen LogP contribution in [0.5, 0.6) is 0 Å². The fourth-order valence-electron chi connectivity index (χ4n) is 12.7. The van der Waals surface area contributed by atoms with Crippen molar-refractivity contribution in [2.75, 3.05) is 4.90 Å². The molecule has 4 aliphatic rings. The third-order valence-electron chi connectivity index (χ3n) is 15.9. The molecule has 0 saturated heterocycles. The molecule has 0 aliphatic heterocycles. The smallest absolute Gasteiger partial charge is 0.0523 e. The second-order valence-electron chi connectivity index (χ2n) is 19.8. The van der Waals surface area contributed by atoms with E-state index in [1.807, 2.05) is 0 Å². The van der Waals surface area contributed by atoms with Gasteiger partial charge in [-0.25, -0.2) is 0 Å². The van der Waals surface area contributed by atoms with Gasteiger partial charge in [0.05, 0.1) is 11.1 Å². The van der Waals surface area contributed by atoms with Crippen molar-refractivity contribution in [3.8, 4) is 44.5 Å². The summed E-state index contributed by atoms with van der Waals surface area (Å²) in [6.07, 6.45) is 19.0. The normalized spacial score (nSPS) is 19.1. The van der Waals surface area contributed by atoms with Crippen molar-refractivity contribution in [3.63, 3.8) is 0 Å². The van der Waals surface area contributed by atoms with Gasteiger partial charge in [-0.15, -0.1) is 0 Å². The zero-order valence-corrected chi connectivity index (χ0v) is 39.2. The summed E-state index contributed by atoms with van der Waals surface area (Å²) < 4.78 is 0. The van der Waals surface area contributed by atoms with Gasteiger partial charge in [0.1, 0.15) is 0 Å². The zero-order chi connectivity index (χ0) is 46.1. The molecule has 0 heterocycles. The quantitative estimate of drug-likeness (QED) is 0.147. The number of benzene rings is 9. The monoisotopic (exact) mass is 883 g/mol. The average Bonchev–Trinajstić information content (AvgIpc) is 3.85. The van der Waals surface area contributed by atoms with E-state index in [1.165, 1.54) is 100 Å². The van der Waals surface area contributed by atoms with E-state index in [0.717, 1.165) is 18.5 Å². The summed E-state index contributed by atoms with van der Waals surface area (Å²) in [6.45, 7) is 4.78. The third kappa shape index (κ3) is 6.44. The second kappa shape index (κ2) is 16.4. The van der Waals surface area contributed by atoms with E-state index in [0.29, 0.717) is 0 Å². The maximum Gasteiger partial charge on any atom is 0.0523 e. The molecule has 1 heteroatoms. The van der Waals surface area contributed by atoms with Gasteiger partial charge in [0, 0.05) is 28.6 Å². The number of rotatable bonds is 8. The lowest BCUT2D eigenvalue weighted by molar-refractivity contribution is 0.453. The van der Waals surface area contributed by atoms with Crippen LogP contribution in [0.1, 0.15) is 60.4 Å². The van der Waals surface area contributed by atoms with Crippen LogP contribution in [0.25, 0.3) is 55.3 Å². The predicted molar refractivity (Wildman–Crippen MR) is 291 cm³/mol. The van der Waals surface area contributed by atoms with Crippen LogP contribution in [0.4, 0.5) is 17.1 Å². The average molecular weight is 884 g/mol. The molecule has 330 valence electrons. The van der Waals surface area contributed by atoms with Gasteiger partial charge in [0.15, 0.2) is 0 Å². The summed E-state index contributed by atoms with van der Waals surface area (Å²) in [5.74, 6) is 0.378. The number of hydrogen-bond donors (Lipinski definition) is 0. The molecule has 1 nitrogen and oxygen atoms in total. The van der Waals surface area contributed by atoms with E-state index in [-0.39, 0.29) is 22.7 Å². The Hall–Kier alpha value is -8.00. The molecule has 0 spiro atoms. The van der Waals surface area contributed by atoms with Crippen molar-refractivity contribution in [2.24, 2.45) is 5.92 Å². The van der Waals surface area contributed by atoms with Crippen molar-refractivity contribution in [3.05, 3.63) is 282 Å². The fraction of sp³-hybridized carbons (Fsp3) is 0.118. The minimum Gasteiger partial charge on any atom is -0.310 e. The third-order valence-corrected chi connectivity index (χ3v) is 15.9. The standard InChI is InChI=1S/C68H53N/c1-67(2)60-29-16-14-27-57(60)58-44-42-54(45-63(58)67)69(64-32-18-31-62-66(64)59-28-15-17-30-61(59)68(62,51-22-8-4-9-23-51)52-24-10-5-11-25-52)53-40-37-49(38-41-53)56-43-39-48-21-12-13-26-55(48)65(56)50-35-33-47(34-36-50)46-19-6-3-7-20-46/h3-4,6-10,12-45,59,61H,5,11H2,1-2H3. The van der Waals surface area contributed by atoms with Crippen LogP contribution in [0.3, 0.4) is 0 Å². The second-order valence-corrected chi connectivity index (χ2v) is 19.8. The molecule has 9 aromatic carbocycles. The van der Waals surface area contributed by atoms with Crippen LogP contribution in [0.2, 0.25) is 0 Å². The van der Waals surface area contributed by atoms with Gasteiger partial charge in [0.25, 0.3) is 0 Å². The first-order valence-corrected chi connectivity index (χ1v) is 24.7. The summed E-state index contributed by atoms with van der Waals surface area (Å²) in [7, 11) is 0. The lowest BCUT2D eigenvalue weighted by Gasteiger charge is -2.40. The molecule has 0 bridgehead atoms. The number of allylic oxidation sites excluding steroid dienone is 8. The minimum atomic E-state index is -0.349. The first-order valence-electron chi connectivity index (χ1n) is 24.7. The van der Waals surface area contributed by atoms with Gasteiger partial charge in [-0.1, -0.05) is 232 Å². The highest BCUT2D eigenvalue weighted by Gasteiger charge is 2.54. The van der Waals surface area contributed by atoms with Gasteiger partial charge < -0.3 is 4.90 Å². The molecular weight excluding hydrogens is 831 g/mol. The van der Waals surface area contributed by atoms with Crippen LogP contribution in [-0.2, 0) is 10.8 Å². The lowest BCUT2D eigenvalue weighted by atomic mass is 9.62. The molecule has 9 aromatic rings. The first kappa shape index (κ1) is 41.2. The molecule has 69 heavy (non-hydrogen) atoms. The molecule has 0 radical (unpaired) electrons. The molecule has 0 N–H and O–H groups in total. The maximum absolute atomic E-state index is 2.57. The molecule has 0 amide bonds. The highest BCUT2D eigenvalue weighted by atomic mass is 15.1. The highest BCUT2D eigenvalue weighted by Crippen LogP contribution is 2.63. The van der Waals surface area contributed by atoms with Gasteiger partial charge in [-0.2, -0.15) is 0 Å². The zero-order valence-electron chi connectivity index (χ0n) is 39.2. The Morgan fingerprint density at radius 2 is 1.13 bits per heavy atom. The van der Waals surface area contributed by atoms with Crippen molar-refractivity contribution in [1.82, 2.24) is 0 Å². The molecule has 3 unspecified atom stereocenters. The Balaban J connectivity index is 1.01. The Bertz CT molecular complexity index is 3570.